The minimum atomic E-state index is -0.339. The van der Waals surface area contributed by atoms with E-state index in [1.54, 1.807) is 0 Å². The van der Waals surface area contributed by atoms with Gasteiger partial charge >= 0.3 is 6.09 Å². The zero-order valence-electron chi connectivity index (χ0n) is 6.02. The van der Waals surface area contributed by atoms with Crippen LogP contribution in [-0.2, 0) is 4.74 Å². The molecule has 0 aliphatic carbocycles. The van der Waals surface area contributed by atoms with E-state index in [1.165, 1.54) is 7.11 Å². The first-order valence-electron chi connectivity index (χ1n) is 3.38. The van der Waals surface area contributed by atoms with Crippen LogP contribution in [0.4, 0.5) is 4.79 Å². The molecule has 1 amide bonds. The predicted molar refractivity (Wildman–Crippen MR) is 36.8 cm³/mol. The first kappa shape index (κ1) is 7.34. The summed E-state index contributed by atoms with van der Waals surface area (Å²) in [6.07, 6.45) is 0.656. The predicted octanol–water partition coefficient (Wildman–Crippen LogP) is -0.296. The number of ether oxygens (including phenoxy) is 1. The van der Waals surface area contributed by atoms with Crippen LogP contribution in [0.3, 0.4) is 0 Å². The van der Waals surface area contributed by atoms with E-state index in [4.69, 9.17) is 0 Å². The molecule has 0 spiro atoms. The van der Waals surface area contributed by atoms with E-state index in [1.807, 2.05) is 0 Å². The Labute approximate surface area is 59.9 Å². The van der Waals surface area contributed by atoms with E-state index in [0.717, 1.165) is 19.5 Å². The van der Waals surface area contributed by atoms with Crippen LogP contribution < -0.4 is 10.6 Å². The van der Waals surface area contributed by atoms with E-state index >= 15 is 0 Å². The van der Waals surface area contributed by atoms with Crippen LogP contribution in [0.5, 0.6) is 0 Å². The Kier molecular flexibility index (Phi) is 2.50. The fraction of sp³-hybridized carbons (Fsp3) is 0.833. The quantitative estimate of drug-likeness (QED) is 0.531. The van der Waals surface area contributed by atoms with Crippen LogP contribution in [0.25, 0.3) is 0 Å². The zero-order valence-corrected chi connectivity index (χ0v) is 6.02. The Morgan fingerprint density at radius 1 is 1.80 bits per heavy atom. The molecule has 1 saturated heterocycles. The summed E-state index contributed by atoms with van der Waals surface area (Å²) >= 11 is 0. The van der Waals surface area contributed by atoms with Crippen molar-refractivity contribution in [2.75, 3.05) is 20.2 Å². The molecule has 4 nitrogen and oxygen atoms in total. The van der Waals surface area contributed by atoms with Crippen molar-refractivity contribution in [2.24, 2.45) is 0 Å². The SMILES string of the molecule is COC(=O)N[C@@H]1CCNC1. The summed E-state index contributed by atoms with van der Waals surface area (Å²) in [5, 5.41) is 5.84. The van der Waals surface area contributed by atoms with Crippen LogP contribution in [0.2, 0.25) is 0 Å². The lowest BCUT2D eigenvalue weighted by Gasteiger charge is -2.08. The first-order chi connectivity index (χ1) is 4.83. The monoisotopic (exact) mass is 144 g/mol. The molecule has 1 atom stereocenters. The molecule has 1 fully saturated rings. The maximum absolute atomic E-state index is 10.6. The van der Waals surface area contributed by atoms with Gasteiger partial charge in [0.25, 0.3) is 0 Å². The molecule has 4 heteroatoms. The summed E-state index contributed by atoms with van der Waals surface area (Å²) in [5.74, 6) is 0. The highest BCUT2D eigenvalue weighted by Gasteiger charge is 2.15. The third-order valence-corrected chi connectivity index (χ3v) is 1.57. The number of hydrogen-bond acceptors (Lipinski definition) is 3. The van der Waals surface area contributed by atoms with Crippen molar-refractivity contribution in [3.05, 3.63) is 0 Å². The maximum atomic E-state index is 10.6. The van der Waals surface area contributed by atoms with E-state index in [0.29, 0.717) is 0 Å². The molecule has 10 heavy (non-hydrogen) atoms. The number of amides is 1. The average Bonchev–Trinajstić information content (AvgIpc) is 2.40. The van der Waals surface area contributed by atoms with E-state index in [2.05, 4.69) is 15.4 Å². The van der Waals surface area contributed by atoms with Gasteiger partial charge in [0.1, 0.15) is 0 Å². The number of nitrogens with one attached hydrogen (secondary N) is 2. The highest BCUT2D eigenvalue weighted by atomic mass is 16.5. The first-order valence-corrected chi connectivity index (χ1v) is 3.38. The van der Waals surface area contributed by atoms with Gasteiger partial charge in [-0.25, -0.2) is 4.79 Å². The number of carbonyl (C=O) groups excluding carboxylic acids is 1. The Bertz CT molecular complexity index is 121. The van der Waals surface area contributed by atoms with E-state index in [-0.39, 0.29) is 12.1 Å². The molecule has 1 rings (SSSR count). The van der Waals surface area contributed by atoms with Gasteiger partial charge in [0.15, 0.2) is 0 Å². The molecule has 1 heterocycles. The molecule has 58 valence electrons. The van der Waals surface area contributed by atoms with Gasteiger partial charge in [-0.05, 0) is 13.0 Å². The van der Waals surface area contributed by atoms with E-state index < -0.39 is 0 Å². The standard InChI is InChI=1S/C6H12N2O2/c1-10-6(9)8-5-2-3-7-4-5/h5,7H,2-4H2,1H3,(H,8,9)/t5-/m1/s1. The second-order valence-electron chi connectivity index (χ2n) is 2.33. The molecule has 1 aliphatic heterocycles. The summed E-state index contributed by atoms with van der Waals surface area (Å²) < 4.78 is 4.43. The Morgan fingerprint density at radius 3 is 3.10 bits per heavy atom. The van der Waals surface area contributed by atoms with Gasteiger partial charge in [0.05, 0.1) is 7.11 Å². The summed E-state index contributed by atoms with van der Waals surface area (Å²) in [4.78, 5) is 10.6. The van der Waals surface area contributed by atoms with Gasteiger partial charge in [-0.3, -0.25) is 0 Å². The normalized spacial score (nSPS) is 24.3. The van der Waals surface area contributed by atoms with Gasteiger partial charge in [-0.1, -0.05) is 0 Å². The molecule has 0 aromatic carbocycles. The van der Waals surface area contributed by atoms with Gasteiger partial charge < -0.3 is 15.4 Å². The smallest absolute Gasteiger partial charge is 0.407 e. The van der Waals surface area contributed by atoms with Crippen molar-refractivity contribution >= 4 is 6.09 Å². The molecule has 1 aliphatic rings. The molecule has 0 bridgehead atoms. The van der Waals surface area contributed by atoms with Crippen LogP contribution in [-0.4, -0.2) is 32.3 Å². The second kappa shape index (κ2) is 3.41. The van der Waals surface area contributed by atoms with Crippen LogP contribution in [0.1, 0.15) is 6.42 Å². The molecule has 0 aromatic heterocycles. The van der Waals surface area contributed by atoms with Crippen molar-refractivity contribution in [2.45, 2.75) is 12.5 Å². The number of alkyl carbamates (subject to hydrolysis) is 1. The lowest BCUT2D eigenvalue weighted by molar-refractivity contribution is 0.167. The van der Waals surface area contributed by atoms with Gasteiger partial charge in [0, 0.05) is 12.6 Å². The van der Waals surface area contributed by atoms with Gasteiger partial charge in [0.2, 0.25) is 0 Å². The maximum Gasteiger partial charge on any atom is 0.407 e. The largest absolute Gasteiger partial charge is 0.453 e. The topological polar surface area (TPSA) is 50.4 Å². The lowest BCUT2D eigenvalue weighted by atomic mass is 10.3. The zero-order chi connectivity index (χ0) is 7.40. The van der Waals surface area contributed by atoms with Crippen molar-refractivity contribution < 1.29 is 9.53 Å². The van der Waals surface area contributed by atoms with Gasteiger partial charge in [-0.2, -0.15) is 0 Å². The third-order valence-electron chi connectivity index (χ3n) is 1.57. The van der Waals surface area contributed by atoms with E-state index in [9.17, 15) is 4.79 Å². The Hall–Kier alpha value is -0.770. The highest BCUT2D eigenvalue weighted by Crippen LogP contribution is 1.96. The Balaban J connectivity index is 2.17. The number of methoxy groups -OCH3 is 1. The van der Waals surface area contributed by atoms with Crippen molar-refractivity contribution in [3.63, 3.8) is 0 Å². The fourth-order valence-corrected chi connectivity index (χ4v) is 1.00. The number of hydrogen-bond donors (Lipinski definition) is 2. The molecular formula is C6H12N2O2. The summed E-state index contributed by atoms with van der Waals surface area (Å²) in [6, 6.07) is 0.257. The molecule has 0 aromatic rings. The van der Waals surface area contributed by atoms with Crippen molar-refractivity contribution in [3.8, 4) is 0 Å². The van der Waals surface area contributed by atoms with Crippen LogP contribution >= 0.6 is 0 Å². The summed E-state index contributed by atoms with van der Waals surface area (Å²) in [7, 11) is 1.37. The highest BCUT2D eigenvalue weighted by molar-refractivity contribution is 5.67. The van der Waals surface area contributed by atoms with Crippen LogP contribution in [0, 0.1) is 0 Å². The van der Waals surface area contributed by atoms with Crippen molar-refractivity contribution in [1.82, 2.24) is 10.6 Å². The Morgan fingerprint density at radius 2 is 2.60 bits per heavy atom. The molecule has 2 N–H and O–H groups in total. The third kappa shape index (κ3) is 1.88. The second-order valence-corrected chi connectivity index (χ2v) is 2.33. The fourth-order valence-electron chi connectivity index (χ4n) is 1.00. The summed E-state index contributed by atoms with van der Waals surface area (Å²) in [6.45, 7) is 1.84. The molecule has 0 unspecified atom stereocenters. The molecule has 0 radical (unpaired) electrons. The van der Waals surface area contributed by atoms with Gasteiger partial charge in [-0.15, -0.1) is 0 Å². The molecule has 0 saturated carbocycles. The number of carbonyl (C=O) groups is 1. The molecular weight excluding hydrogens is 132 g/mol. The summed E-state index contributed by atoms with van der Waals surface area (Å²) in [5.41, 5.74) is 0. The van der Waals surface area contributed by atoms with Crippen LogP contribution in [0.15, 0.2) is 0 Å². The lowest BCUT2D eigenvalue weighted by Crippen LogP contribution is -2.35. The average molecular weight is 144 g/mol. The number of rotatable bonds is 1. The minimum Gasteiger partial charge on any atom is -0.453 e. The minimum absolute atomic E-state index is 0.257. The van der Waals surface area contributed by atoms with Crippen molar-refractivity contribution in [1.29, 1.82) is 0 Å².